The lowest BCUT2D eigenvalue weighted by Gasteiger charge is -2.28. The van der Waals surface area contributed by atoms with Crippen molar-refractivity contribution in [2.75, 3.05) is 6.54 Å². The molecule has 0 bridgehead atoms. The van der Waals surface area contributed by atoms with Crippen LogP contribution in [-0.4, -0.2) is 18.0 Å². The molecule has 1 aliphatic heterocycles. The molecule has 1 aliphatic carbocycles. The van der Waals surface area contributed by atoms with E-state index in [9.17, 15) is 9.18 Å². The van der Waals surface area contributed by atoms with E-state index in [2.05, 4.69) is 4.99 Å². The van der Waals surface area contributed by atoms with Crippen LogP contribution in [0, 0.1) is 11.7 Å². The standard InChI is InChI=1S/C13H12FNO/c14-10-3-4-12-8(5-10)1-2-9-6-11(16)7-15-13(9)12/h3-5,9H,1-2,6-7H2. The lowest BCUT2D eigenvalue weighted by Crippen LogP contribution is -2.31. The van der Waals surface area contributed by atoms with Crippen molar-refractivity contribution in [2.24, 2.45) is 10.9 Å². The van der Waals surface area contributed by atoms with Gasteiger partial charge in [-0.3, -0.25) is 9.79 Å². The molecule has 1 aromatic rings. The molecule has 0 radical (unpaired) electrons. The van der Waals surface area contributed by atoms with Crippen LogP contribution in [-0.2, 0) is 11.2 Å². The number of hydrogen-bond donors (Lipinski definition) is 0. The average Bonchev–Trinajstić information content (AvgIpc) is 2.28. The fourth-order valence-electron chi connectivity index (χ4n) is 2.63. The molecule has 0 saturated heterocycles. The number of nitrogens with zero attached hydrogens (tertiary/aromatic N) is 1. The zero-order valence-electron chi connectivity index (χ0n) is 8.87. The largest absolute Gasteiger partial charge is 0.298 e. The molecule has 1 atom stereocenters. The molecule has 0 saturated carbocycles. The summed E-state index contributed by atoms with van der Waals surface area (Å²) in [6, 6.07) is 4.86. The van der Waals surface area contributed by atoms with Gasteiger partial charge in [0.25, 0.3) is 0 Å². The summed E-state index contributed by atoms with van der Waals surface area (Å²) in [7, 11) is 0. The maximum atomic E-state index is 13.1. The molecule has 1 heterocycles. The van der Waals surface area contributed by atoms with Gasteiger partial charge >= 0.3 is 0 Å². The van der Waals surface area contributed by atoms with Crippen molar-refractivity contribution in [2.45, 2.75) is 19.3 Å². The number of aliphatic imine (C=N–C) groups is 1. The van der Waals surface area contributed by atoms with Crippen molar-refractivity contribution in [3.63, 3.8) is 0 Å². The maximum Gasteiger partial charge on any atom is 0.154 e. The first kappa shape index (κ1) is 9.70. The minimum atomic E-state index is -0.190. The summed E-state index contributed by atoms with van der Waals surface area (Å²) in [6.45, 7) is 0.294. The number of halogens is 1. The van der Waals surface area contributed by atoms with Crippen LogP contribution >= 0.6 is 0 Å². The summed E-state index contributed by atoms with van der Waals surface area (Å²) in [4.78, 5) is 15.7. The Hall–Kier alpha value is -1.51. The van der Waals surface area contributed by atoms with E-state index in [1.165, 1.54) is 6.07 Å². The van der Waals surface area contributed by atoms with Gasteiger partial charge in [0.05, 0.1) is 6.54 Å². The summed E-state index contributed by atoms with van der Waals surface area (Å²) in [5, 5.41) is 0. The Morgan fingerprint density at radius 2 is 2.25 bits per heavy atom. The molecule has 82 valence electrons. The molecule has 16 heavy (non-hydrogen) atoms. The van der Waals surface area contributed by atoms with E-state index in [1.807, 2.05) is 0 Å². The molecule has 1 unspecified atom stereocenters. The van der Waals surface area contributed by atoms with Crippen LogP contribution in [0.25, 0.3) is 0 Å². The Morgan fingerprint density at radius 1 is 1.38 bits per heavy atom. The van der Waals surface area contributed by atoms with E-state index in [1.54, 1.807) is 12.1 Å². The molecule has 0 amide bonds. The number of fused-ring (bicyclic) bond motifs is 3. The minimum Gasteiger partial charge on any atom is -0.298 e. The molecule has 0 fully saturated rings. The van der Waals surface area contributed by atoms with Gasteiger partial charge < -0.3 is 0 Å². The second-order valence-electron chi connectivity index (χ2n) is 4.48. The Bertz CT molecular complexity index is 493. The van der Waals surface area contributed by atoms with Crippen LogP contribution in [0.4, 0.5) is 4.39 Å². The van der Waals surface area contributed by atoms with Crippen molar-refractivity contribution < 1.29 is 9.18 Å². The highest BCUT2D eigenvalue weighted by Gasteiger charge is 2.30. The first-order valence-electron chi connectivity index (χ1n) is 5.59. The predicted octanol–water partition coefficient (Wildman–Crippen LogP) is 2.15. The molecule has 3 rings (SSSR count). The van der Waals surface area contributed by atoms with E-state index in [0.29, 0.717) is 13.0 Å². The van der Waals surface area contributed by atoms with Crippen LogP contribution in [0.3, 0.4) is 0 Å². The average molecular weight is 217 g/mol. The second kappa shape index (κ2) is 3.51. The number of ketones is 1. The molecule has 0 spiro atoms. The van der Waals surface area contributed by atoms with Gasteiger partial charge in [0, 0.05) is 18.1 Å². The molecular weight excluding hydrogens is 205 g/mol. The van der Waals surface area contributed by atoms with Crippen molar-refractivity contribution in [3.8, 4) is 0 Å². The number of hydrogen-bond acceptors (Lipinski definition) is 2. The summed E-state index contributed by atoms with van der Waals surface area (Å²) < 4.78 is 13.1. The minimum absolute atomic E-state index is 0.190. The Morgan fingerprint density at radius 3 is 3.12 bits per heavy atom. The van der Waals surface area contributed by atoms with Gasteiger partial charge in [-0.15, -0.1) is 0 Å². The molecule has 3 heteroatoms. The first-order chi connectivity index (χ1) is 7.74. The van der Waals surface area contributed by atoms with E-state index < -0.39 is 0 Å². The topological polar surface area (TPSA) is 29.4 Å². The van der Waals surface area contributed by atoms with Crippen molar-refractivity contribution in [3.05, 3.63) is 35.1 Å². The third kappa shape index (κ3) is 1.47. The lowest BCUT2D eigenvalue weighted by molar-refractivity contribution is -0.118. The summed E-state index contributed by atoms with van der Waals surface area (Å²) in [6.07, 6.45) is 2.38. The van der Waals surface area contributed by atoms with Crippen LogP contribution in [0.15, 0.2) is 23.2 Å². The van der Waals surface area contributed by atoms with Crippen molar-refractivity contribution >= 4 is 11.5 Å². The van der Waals surface area contributed by atoms with Gasteiger partial charge in [-0.25, -0.2) is 4.39 Å². The summed E-state index contributed by atoms with van der Waals surface area (Å²) >= 11 is 0. The highest BCUT2D eigenvalue weighted by atomic mass is 19.1. The number of Topliss-reactive ketones (excluding diaryl/α,β-unsaturated/α-hetero) is 1. The monoisotopic (exact) mass is 217 g/mol. The quantitative estimate of drug-likeness (QED) is 0.654. The summed E-state index contributed by atoms with van der Waals surface area (Å²) in [5.74, 6) is 0.295. The van der Waals surface area contributed by atoms with Crippen LogP contribution in [0.5, 0.6) is 0 Å². The fourth-order valence-corrected chi connectivity index (χ4v) is 2.63. The first-order valence-corrected chi connectivity index (χ1v) is 5.59. The number of aryl methyl sites for hydroxylation is 1. The van der Waals surface area contributed by atoms with E-state index >= 15 is 0 Å². The zero-order valence-corrected chi connectivity index (χ0v) is 8.87. The number of benzene rings is 1. The maximum absolute atomic E-state index is 13.1. The van der Waals surface area contributed by atoms with Gasteiger partial charge in [0.15, 0.2) is 5.78 Å². The van der Waals surface area contributed by atoms with Gasteiger partial charge in [-0.1, -0.05) is 0 Å². The predicted molar refractivity (Wildman–Crippen MR) is 59.2 cm³/mol. The van der Waals surface area contributed by atoms with E-state index in [-0.39, 0.29) is 17.5 Å². The lowest BCUT2D eigenvalue weighted by atomic mass is 9.78. The van der Waals surface area contributed by atoms with Gasteiger partial charge in [-0.05, 0) is 42.2 Å². The number of carbonyl (C=O) groups is 1. The van der Waals surface area contributed by atoms with Crippen LogP contribution in [0.2, 0.25) is 0 Å². The molecule has 1 aromatic carbocycles. The highest BCUT2D eigenvalue weighted by Crippen LogP contribution is 2.30. The smallest absolute Gasteiger partial charge is 0.154 e. The Balaban J connectivity index is 2.09. The summed E-state index contributed by atoms with van der Waals surface area (Å²) in [5.41, 5.74) is 3.09. The highest BCUT2D eigenvalue weighted by molar-refractivity contribution is 6.08. The van der Waals surface area contributed by atoms with E-state index in [0.717, 1.165) is 29.7 Å². The zero-order chi connectivity index (χ0) is 11.1. The molecule has 0 aromatic heterocycles. The molecule has 2 aliphatic rings. The van der Waals surface area contributed by atoms with Crippen molar-refractivity contribution in [1.29, 1.82) is 0 Å². The Kier molecular flexibility index (Phi) is 2.13. The van der Waals surface area contributed by atoms with Crippen molar-refractivity contribution in [1.82, 2.24) is 0 Å². The third-order valence-corrected chi connectivity index (χ3v) is 3.39. The fraction of sp³-hybridized carbons (Fsp3) is 0.385. The van der Waals surface area contributed by atoms with Gasteiger partial charge in [0.2, 0.25) is 0 Å². The third-order valence-electron chi connectivity index (χ3n) is 3.39. The van der Waals surface area contributed by atoms with Crippen LogP contribution in [0.1, 0.15) is 24.0 Å². The van der Waals surface area contributed by atoms with E-state index in [4.69, 9.17) is 0 Å². The second-order valence-corrected chi connectivity index (χ2v) is 4.48. The Labute approximate surface area is 93.2 Å². The number of carbonyl (C=O) groups excluding carboxylic acids is 1. The normalized spacial score (nSPS) is 23.4. The number of rotatable bonds is 0. The molecule has 0 N–H and O–H groups in total. The van der Waals surface area contributed by atoms with Gasteiger partial charge in [-0.2, -0.15) is 0 Å². The molecular formula is C13H12FNO. The van der Waals surface area contributed by atoms with Crippen LogP contribution < -0.4 is 0 Å². The molecule has 2 nitrogen and oxygen atoms in total. The van der Waals surface area contributed by atoms with Gasteiger partial charge in [0.1, 0.15) is 5.82 Å². The SMILES string of the molecule is O=C1CN=C2c3ccc(F)cc3CCC2C1.